The molecule has 4 fully saturated rings. The molecule has 4 aliphatic carbocycles. The molecule has 1 aromatic heterocycles. The van der Waals surface area contributed by atoms with Crippen molar-refractivity contribution in [1.29, 1.82) is 0 Å². The smallest absolute Gasteiger partial charge is 0.314 e. The zero-order valence-corrected chi connectivity index (χ0v) is 28.4. The fraction of sp³-hybridized carbons (Fsp3) is 0.737. The van der Waals surface area contributed by atoms with Gasteiger partial charge in [-0.1, -0.05) is 51.5 Å². The van der Waals surface area contributed by atoms with E-state index >= 15 is 0 Å². The van der Waals surface area contributed by atoms with Crippen molar-refractivity contribution in [1.82, 2.24) is 9.97 Å². The Morgan fingerprint density at radius 2 is 1.98 bits per heavy atom. The molecule has 4 saturated carbocycles. The van der Waals surface area contributed by atoms with Crippen LogP contribution in [0.5, 0.6) is 0 Å². The Balaban J connectivity index is 1.31. The van der Waals surface area contributed by atoms with E-state index in [9.17, 15) is 20.1 Å². The predicted molar refractivity (Wildman–Crippen MR) is 177 cm³/mol. The molecule has 1 aromatic rings. The van der Waals surface area contributed by atoms with Gasteiger partial charge in [0.1, 0.15) is 11.9 Å². The van der Waals surface area contributed by atoms with E-state index in [-0.39, 0.29) is 29.5 Å². The van der Waals surface area contributed by atoms with Crippen LogP contribution < -0.4 is 0 Å². The summed E-state index contributed by atoms with van der Waals surface area (Å²) in [5.74, 6) is 2.22. The highest BCUT2D eigenvalue weighted by Crippen LogP contribution is 2.60. The number of carbonyl (C=O) groups is 1. The van der Waals surface area contributed by atoms with Crippen LogP contribution in [-0.2, 0) is 21.4 Å². The average molecular weight is 623 g/mol. The lowest BCUT2D eigenvalue weighted by Gasteiger charge is -2.44. The average Bonchev–Trinajstić information content (AvgIpc) is 3.52. The zero-order chi connectivity index (χ0) is 32.6. The van der Waals surface area contributed by atoms with Crippen LogP contribution in [0.25, 0.3) is 0 Å². The number of aliphatic hydroxyl groups is 3. The first-order chi connectivity index (χ1) is 21.3. The van der Waals surface area contributed by atoms with Gasteiger partial charge in [0.2, 0.25) is 0 Å². The van der Waals surface area contributed by atoms with E-state index in [0.29, 0.717) is 30.6 Å². The Bertz CT molecular complexity index is 1290. The number of aromatic nitrogens is 2. The standard InChI is InChI=1S/C38H58N2O5/c1-7-9-28-22-39-34(40-28)38(18-19-38)33(45-35(44)36(4,5)23-41)16-11-24(2)30-14-15-31-26(10-8-17-37(30,31)6)12-13-27-20-29(42)21-32(43)25(27)3/h12-13,22,24,29-33,41-43H,3,7-11,14-21,23H2,1-2,4-6H3,(H,39,40)/b26-12+,27-13-/t24-,29-,30-,31+,32+,33+,37-/m1/s1. The minimum atomic E-state index is -0.942. The van der Waals surface area contributed by atoms with Gasteiger partial charge in [-0.15, -0.1) is 0 Å². The molecule has 0 aromatic carbocycles. The van der Waals surface area contributed by atoms with Crippen LogP contribution in [0.2, 0.25) is 0 Å². The quantitative estimate of drug-likeness (QED) is 0.189. The van der Waals surface area contributed by atoms with E-state index in [2.05, 4.69) is 44.5 Å². The first-order valence-corrected chi connectivity index (χ1v) is 17.7. The number of carbonyl (C=O) groups excluding carboxylic acids is 1. The van der Waals surface area contributed by atoms with Gasteiger partial charge in [-0.3, -0.25) is 4.79 Å². The van der Waals surface area contributed by atoms with Crippen LogP contribution >= 0.6 is 0 Å². The molecular formula is C38H58N2O5. The van der Waals surface area contributed by atoms with E-state index in [0.717, 1.165) is 67.6 Å². The molecule has 1 heterocycles. The molecule has 250 valence electrons. The van der Waals surface area contributed by atoms with Crippen molar-refractivity contribution in [3.05, 3.63) is 53.2 Å². The number of H-pyrrole nitrogens is 1. The van der Waals surface area contributed by atoms with Gasteiger partial charge in [-0.25, -0.2) is 4.98 Å². The van der Waals surface area contributed by atoms with E-state index in [1.54, 1.807) is 13.8 Å². The van der Waals surface area contributed by atoms with Gasteiger partial charge in [-0.2, -0.15) is 0 Å². The molecule has 0 unspecified atom stereocenters. The summed E-state index contributed by atoms with van der Waals surface area (Å²) in [7, 11) is 0. The van der Waals surface area contributed by atoms with Gasteiger partial charge >= 0.3 is 5.97 Å². The summed E-state index contributed by atoms with van der Waals surface area (Å²) in [5.41, 5.74) is 3.37. The second kappa shape index (κ2) is 13.5. The van der Waals surface area contributed by atoms with Gasteiger partial charge in [-0.05, 0) is 119 Å². The van der Waals surface area contributed by atoms with Crippen LogP contribution in [0.15, 0.2) is 41.6 Å². The van der Waals surface area contributed by atoms with Crippen molar-refractivity contribution < 1.29 is 24.9 Å². The number of fused-ring (bicyclic) bond motifs is 1. The first-order valence-electron chi connectivity index (χ1n) is 17.7. The van der Waals surface area contributed by atoms with Gasteiger partial charge in [0.25, 0.3) is 0 Å². The SMILES string of the molecule is C=C1/C(=C\C=C2/CCC[C@]3(C)[C@@H]([C@H](C)CC[C@H](OC(=O)C(C)(C)CO)C4(c5ncc(CCC)[nH]5)CC4)CC[C@@H]23)C[C@@H](O)C[C@@H]1O. The third kappa shape index (κ3) is 6.92. The minimum absolute atomic E-state index is 0.225. The maximum absolute atomic E-state index is 13.3. The number of imidazole rings is 1. The van der Waals surface area contributed by atoms with Crippen molar-refractivity contribution in [3.8, 4) is 0 Å². The molecule has 4 N–H and O–H groups in total. The van der Waals surface area contributed by atoms with Crippen molar-refractivity contribution in [2.24, 2.45) is 28.6 Å². The number of hydrogen-bond donors (Lipinski definition) is 4. The summed E-state index contributed by atoms with van der Waals surface area (Å²) >= 11 is 0. The number of nitrogens with one attached hydrogen (secondary N) is 1. The number of aryl methyl sites for hydroxylation is 1. The van der Waals surface area contributed by atoms with Gasteiger partial charge in [0.05, 0.1) is 29.6 Å². The highest BCUT2D eigenvalue weighted by atomic mass is 16.5. The van der Waals surface area contributed by atoms with E-state index in [1.165, 1.54) is 31.3 Å². The van der Waals surface area contributed by atoms with Gasteiger partial charge in [0.15, 0.2) is 0 Å². The number of hydrogen-bond acceptors (Lipinski definition) is 6. The van der Waals surface area contributed by atoms with Gasteiger partial charge in [0, 0.05) is 18.3 Å². The normalized spacial score (nSPS) is 32.8. The second-order valence-electron chi connectivity index (χ2n) is 15.8. The van der Waals surface area contributed by atoms with Crippen molar-refractivity contribution in [2.45, 2.75) is 142 Å². The van der Waals surface area contributed by atoms with Crippen molar-refractivity contribution in [2.75, 3.05) is 6.61 Å². The maximum Gasteiger partial charge on any atom is 0.314 e. The number of aromatic amines is 1. The molecule has 7 nitrogen and oxygen atoms in total. The predicted octanol–water partition coefficient (Wildman–Crippen LogP) is 6.88. The summed E-state index contributed by atoms with van der Waals surface area (Å²) in [6.07, 6.45) is 17.4. The lowest BCUT2D eigenvalue weighted by atomic mass is 9.60. The Morgan fingerprint density at radius 3 is 2.67 bits per heavy atom. The molecule has 4 aliphatic rings. The number of ether oxygens (including phenoxy) is 1. The molecule has 7 heteroatoms. The second-order valence-corrected chi connectivity index (χ2v) is 15.8. The molecule has 0 amide bonds. The van der Waals surface area contributed by atoms with E-state index < -0.39 is 17.6 Å². The molecule has 0 saturated heterocycles. The minimum Gasteiger partial charge on any atom is -0.461 e. The number of esters is 1. The van der Waals surface area contributed by atoms with E-state index in [1.807, 2.05) is 6.20 Å². The summed E-state index contributed by atoms with van der Waals surface area (Å²) < 4.78 is 6.32. The number of nitrogens with zero attached hydrogens (tertiary/aromatic N) is 1. The largest absolute Gasteiger partial charge is 0.461 e. The lowest BCUT2D eigenvalue weighted by molar-refractivity contribution is -0.164. The van der Waals surface area contributed by atoms with Crippen LogP contribution in [-0.4, -0.2) is 56.2 Å². The molecule has 7 atom stereocenters. The molecular weight excluding hydrogens is 564 g/mol. The molecule has 45 heavy (non-hydrogen) atoms. The number of aliphatic hydroxyl groups excluding tert-OH is 3. The summed E-state index contributed by atoms with van der Waals surface area (Å²) in [5, 5.41) is 30.4. The molecule has 0 bridgehead atoms. The fourth-order valence-electron chi connectivity index (χ4n) is 8.95. The van der Waals surface area contributed by atoms with Gasteiger partial charge < -0.3 is 25.0 Å². The fourth-order valence-corrected chi connectivity index (χ4v) is 8.95. The third-order valence-electron chi connectivity index (χ3n) is 12.1. The van der Waals surface area contributed by atoms with Crippen molar-refractivity contribution >= 4 is 5.97 Å². The van der Waals surface area contributed by atoms with Crippen LogP contribution in [0, 0.1) is 28.6 Å². The molecule has 0 spiro atoms. The Kier molecular flexibility index (Phi) is 10.2. The molecule has 0 radical (unpaired) electrons. The Labute approximate surface area is 270 Å². The third-order valence-corrected chi connectivity index (χ3v) is 12.1. The lowest BCUT2D eigenvalue weighted by Crippen LogP contribution is -2.40. The number of allylic oxidation sites excluding steroid dienone is 3. The highest BCUT2D eigenvalue weighted by molar-refractivity contribution is 5.76. The Hall–Kier alpha value is -2.22. The summed E-state index contributed by atoms with van der Waals surface area (Å²) in [4.78, 5) is 21.6. The van der Waals surface area contributed by atoms with Crippen molar-refractivity contribution in [3.63, 3.8) is 0 Å². The number of rotatable bonds is 12. The van der Waals surface area contributed by atoms with E-state index in [4.69, 9.17) is 9.72 Å². The van der Waals surface area contributed by atoms with Crippen LogP contribution in [0.3, 0.4) is 0 Å². The summed E-state index contributed by atoms with van der Waals surface area (Å²) in [6.45, 7) is 14.4. The monoisotopic (exact) mass is 622 g/mol. The Morgan fingerprint density at radius 1 is 1.22 bits per heavy atom. The molecule has 0 aliphatic heterocycles. The van der Waals surface area contributed by atoms with Crippen LogP contribution in [0.1, 0.15) is 123 Å². The summed E-state index contributed by atoms with van der Waals surface area (Å²) in [6, 6.07) is 0. The zero-order valence-electron chi connectivity index (χ0n) is 28.4. The maximum atomic E-state index is 13.3. The highest BCUT2D eigenvalue weighted by Gasteiger charge is 2.56. The molecule has 5 rings (SSSR count). The topological polar surface area (TPSA) is 116 Å². The first kappa shape index (κ1) is 34.1. The van der Waals surface area contributed by atoms with Crippen LogP contribution in [0.4, 0.5) is 0 Å².